The molecule has 2 aromatic carbocycles. The van der Waals surface area contributed by atoms with E-state index in [4.69, 9.17) is 16.3 Å². The van der Waals surface area contributed by atoms with Crippen molar-refractivity contribution in [3.8, 4) is 0 Å². The van der Waals surface area contributed by atoms with E-state index in [0.29, 0.717) is 21.6 Å². The van der Waals surface area contributed by atoms with E-state index in [1.54, 1.807) is 51.1 Å². The highest BCUT2D eigenvalue weighted by Gasteiger charge is 2.30. The van der Waals surface area contributed by atoms with E-state index in [1.165, 1.54) is 4.57 Å². The SMILES string of the molecule is CC(C)(C)OC(=O)C(c1ccccc1)n1c(=O)[nH]c2ccc(Cl)cc21. The number of imidazole rings is 1. The molecule has 0 amide bonds. The van der Waals surface area contributed by atoms with E-state index in [0.717, 1.165) is 0 Å². The first-order valence-electron chi connectivity index (χ1n) is 7.94. The second kappa shape index (κ2) is 6.41. The highest BCUT2D eigenvalue weighted by atomic mass is 35.5. The molecule has 25 heavy (non-hydrogen) atoms. The third-order valence-corrected chi connectivity index (χ3v) is 3.92. The minimum atomic E-state index is -0.903. The molecule has 1 N–H and O–H groups in total. The van der Waals surface area contributed by atoms with Crippen LogP contribution in [0.1, 0.15) is 32.4 Å². The molecule has 0 aliphatic rings. The van der Waals surface area contributed by atoms with E-state index in [1.807, 2.05) is 18.2 Å². The van der Waals surface area contributed by atoms with Gasteiger partial charge in [0.05, 0.1) is 11.0 Å². The molecule has 1 aromatic heterocycles. The summed E-state index contributed by atoms with van der Waals surface area (Å²) in [7, 11) is 0. The number of carbonyl (C=O) groups excluding carboxylic acids is 1. The maximum atomic E-state index is 12.9. The fourth-order valence-corrected chi connectivity index (χ4v) is 2.90. The number of nitrogens with one attached hydrogen (secondary N) is 1. The van der Waals surface area contributed by atoms with Crippen molar-refractivity contribution < 1.29 is 9.53 Å². The molecule has 0 radical (unpaired) electrons. The number of hydrogen-bond donors (Lipinski definition) is 1. The van der Waals surface area contributed by atoms with Gasteiger partial charge >= 0.3 is 11.7 Å². The second-order valence-electron chi connectivity index (χ2n) is 6.81. The lowest BCUT2D eigenvalue weighted by molar-refractivity contribution is -0.157. The predicted octanol–water partition coefficient (Wildman–Crippen LogP) is 3.91. The smallest absolute Gasteiger partial charge is 0.334 e. The number of hydrogen-bond acceptors (Lipinski definition) is 3. The summed E-state index contributed by atoms with van der Waals surface area (Å²) in [6.45, 7) is 5.38. The van der Waals surface area contributed by atoms with Gasteiger partial charge in [-0.2, -0.15) is 0 Å². The molecule has 3 rings (SSSR count). The molecular formula is C19H19ClN2O3. The third-order valence-electron chi connectivity index (χ3n) is 3.68. The Kier molecular flexibility index (Phi) is 4.43. The predicted molar refractivity (Wildman–Crippen MR) is 98.0 cm³/mol. The average Bonchev–Trinajstić information content (AvgIpc) is 2.83. The Labute approximate surface area is 150 Å². The van der Waals surface area contributed by atoms with Crippen LogP contribution >= 0.6 is 11.6 Å². The Hall–Kier alpha value is -2.53. The molecule has 130 valence electrons. The van der Waals surface area contributed by atoms with Crippen molar-refractivity contribution in [3.63, 3.8) is 0 Å². The molecule has 0 saturated carbocycles. The van der Waals surface area contributed by atoms with Gasteiger partial charge in [0.2, 0.25) is 0 Å². The summed E-state index contributed by atoms with van der Waals surface area (Å²) < 4.78 is 6.96. The topological polar surface area (TPSA) is 64.1 Å². The van der Waals surface area contributed by atoms with Crippen LogP contribution in [-0.4, -0.2) is 21.1 Å². The number of fused-ring (bicyclic) bond motifs is 1. The molecule has 0 aliphatic carbocycles. The number of esters is 1. The zero-order valence-electron chi connectivity index (χ0n) is 14.2. The molecule has 1 atom stereocenters. The number of ether oxygens (including phenoxy) is 1. The van der Waals surface area contributed by atoms with Gasteiger partial charge < -0.3 is 9.72 Å². The number of rotatable bonds is 3. The van der Waals surface area contributed by atoms with E-state index in [2.05, 4.69) is 4.98 Å². The maximum Gasteiger partial charge on any atom is 0.334 e. The number of H-pyrrole nitrogens is 1. The number of benzene rings is 2. The van der Waals surface area contributed by atoms with E-state index in [-0.39, 0.29) is 0 Å². The Morgan fingerprint density at radius 2 is 1.84 bits per heavy atom. The molecule has 0 saturated heterocycles. The maximum absolute atomic E-state index is 12.9. The summed E-state index contributed by atoms with van der Waals surface area (Å²) in [5, 5.41) is 0.483. The Balaban J connectivity index is 2.22. The molecule has 1 heterocycles. The number of nitrogens with zero attached hydrogens (tertiary/aromatic N) is 1. The van der Waals surface area contributed by atoms with Crippen molar-refractivity contribution in [1.29, 1.82) is 0 Å². The van der Waals surface area contributed by atoms with Crippen LogP contribution in [0.4, 0.5) is 0 Å². The van der Waals surface area contributed by atoms with Gasteiger partial charge in [-0.3, -0.25) is 4.57 Å². The van der Waals surface area contributed by atoms with Gasteiger partial charge in [-0.15, -0.1) is 0 Å². The molecule has 1 unspecified atom stereocenters. The first-order chi connectivity index (χ1) is 11.8. The summed E-state index contributed by atoms with van der Waals surface area (Å²) in [6, 6.07) is 13.2. The first kappa shape index (κ1) is 17.3. The summed E-state index contributed by atoms with van der Waals surface area (Å²) in [5.74, 6) is -0.498. The molecule has 0 spiro atoms. The Morgan fingerprint density at radius 3 is 2.48 bits per heavy atom. The zero-order valence-corrected chi connectivity index (χ0v) is 15.0. The summed E-state index contributed by atoms with van der Waals surface area (Å²) in [6.07, 6.45) is 0. The van der Waals surface area contributed by atoms with E-state index >= 15 is 0 Å². The Bertz CT molecular complexity index is 968. The van der Waals surface area contributed by atoms with Crippen molar-refractivity contribution >= 4 is 28.6 Å². The number of aromatic amines is 1. The third kappa shape index (κ3) is 3.61. The van der Waals surface area contributed by atoms with Gasteiger partial charge in [-0.1, -0.05) is 41.9 Å². The fraction of sp³-hybridized carbons (Fsp3) is 0.263. The lowest BCUT2D eigenvalue weighted by Crippen LogP contribution is -2.34. The fourth-order valence-electron chi connectivity index (χ4n) is 2.73. The van der Waals surface area contributed by atoms with Crippen LogP contribution in [0.2, 0.25) is 5.02 Å². The monoisotopic (exact) mass is 358 g/mol. The highest BCUT2D eigenvalue weighted by Crippen LogP contribution is 2.26. The molecule has 6 heteroatoms. The van der Waals surface area contributed by atoms with Crippen LogP contribution in [0.5, 0.6) is 0 Å². The average molecular weight is 359 g/mol. The minimum Gasteiger partial charge on any atom is -0.458 e. The van der Waals surface area contributed by atoms with Crippen molar-refractivity contribution in [2.75, 3.05) is 0 Å². The quantitative estimate of drug-likeness (QED) is 0.722. The number of aromatic nitrogens is 2. The zero-order chi connectivity index (χ0) is 18.2. The largest absolute Gasteiger partial charge is 0.458 e. The molecule has 0 fully saturated rings. The molecule has 0 aliphatic heterocycles. The number of halogens is 1. The van der Waals surface area contributed by atoms with Crippen molar-refractivity contribution in [2.45, 2.75) is 32.4 Å². The van der Waals surface area contributed by atoms with Crippen LogP contribution in [0, 0.1) is 0 Å². The minimum absolute atomic E-state index is 0.392. The van der Waals surface area contributed by atoms with Gasteiger partial charge in [-0.25, -0.2) is 9.59 Å². The van der Waals surface area contributed by atoms with Gasteiger partial charge in [0, 0.05) is 5.02 Å². The van der Waals surface area contributed by atoms with Crippen LogP contribution in [0.25, 0.3) is 11.0 Å². The van der Waals surface area contributed by atoms with E-state index < -0.39 is 23.3 Å². The summed E-state index contributed by atoms with van der Waals surface area (Å²) >= 11 is 6.09. The van der Waals surface area contributed by atoms with Gasteiger partial charge in [0.15, 0.2) is 6.04 Å². The highest BCUT2D eigenvalue weighted by molar-refractivity contribution is 6.31. The van der Waals surface area contributed by atoms with Crippen molar-refractivity contribution in [2.24, 2.45) is 0 Å². The standard InChI is InChI=1S/C19H19ClN2O3/c1-19(2,3)25-17(23)16(12-7-5-4-6-8-12)22-15-11-13(20)9-10-14(15)21-18(22)24/h4-11,16H,1-3H3,(H,21,24). The first-order valence-corrected chi connectivity index (χ1v) is 8.31. The molecule has 3 aromatic rings. The summed E-state index contributed by atoms with van der Waals surface area (Å²) in [4.78, 5) is 28.3. The lowest BCUT2D eigenvalue weighted by atomic mass is 10.1. The van der Waals surface area contributed by atoms with Gasteiger partial charge in [0.1, 0.15) is 5.60 Å². The van der Waals surface area contributed by atoms with Crippen LogP contribution in [0.3, 0.4) is 0 Å². The summed E-state index contributed by atoms with van der Waals surface area (Å²) in [5.41, 5.74) is 0.769. The molecule has 0 bridgehead atoms. The van der Waals surface area contributed by atoms with Crippen LogP contribution in [0.15, 0.2) is 53.3 Å². The number of carbonyl (C=O) groups is 1. The van der Waals surface area contributed by atoms with Gasteiger partial charge in [-0.05, 0) is 44.5 Å². The van der Waals surface area contributed by atoms with E-state index in [9.17, 15) is 9.59 Å². The normalized spacial score (nSPS) is 13.0. The van der Waals surface area contributed by atoms with Crippen molar-refractivity contribution in [3.05, 3.63) is 69.6 Å². The second-order valence-corrected chi connectivity index (χ2v) is 7.24. The van der Waals surface area contributed by atoms with Gasteiger partial charge in [0.25, 0.3) is 0 Å². The molecular weight excluding hydrogens is 340 g/mol. The van der Waals surface area contributed by atoms with Crippen LogP contribution < -0.4 is 5.69 Å². The lowest BCUT2D eigenvalue weighted by Gasteiger charge is -2.25. The van der Waals surface area contributed by atoms with Crippen LogP contribution in [-0.2, 0) is 9.53 Å². The molecule has 5 nitrogen and oxygen atoms in total. The van der Waals surface area contributed by atoms with Crippen molar-refractivity contribution in [1.82, 2.24) is 9.55 Å². The Morgan fingerprint density at radius 1 is 1.16 bits per heavy atom.